The van der Waals surface area contributed by atoms with Crippen LogP contribution in [0.25, 0.3) is 0 Å². The predicted octanol–water partition coefficient (Wildman–Crippen LogP) is 4.70. The summed E-state index contributed by atoms with van der Waals surface area (Å²) in [5.74, 6) is 1.09. The van der Waals surface area contributed by atoms with Gasteiger partial charge in [-0.1, -0.05) is 72.8 Å². The SMILES string of the molecule is [c]1ccccc1C(COc1ccccc1)c1ccccc1. The highest BCUT2D eigenvalue weighted by Crippen LogP contribution is 2.25. The Morgan fingerprint density at radius 1 is 0.762 bits per heavy atom. The van der Waals surface area contributed by atoms with E-state index in [-0.39, 0.29) is 5.92 Å². The summed E-state index contributed by atoms with van der Waals surface area (Å²) in [6, 6.07) is 31.8. The molecule has 0 amide bonds. The van der Waals surface area contributed by atoms with E-state index in [2.05, 4.69) is 36.4 Å². The maximum Gasteiger partial charge on any atom is 0.119 e. The Bertz CT molecular complexity index is 608. The molecule has 1 nitrogen and oxygen atoms in total. The van der Waals surface area contributed by atoms with Gasteiger partial charge in [-0.25, -0.2) is 0 Å². The quantitative estimate of drug-likeness (QED) is 0.655. The minimum atomic E-state index is 0.188. The van der Waals surface area contributed by atoms with Gasteiger partial charge in [0.15, 0.2) is 0 Å². The summed E-state index contributed by atoms with van der Waals surface area (Å²) in [6.07, 6.45) is 0. The highest BCUT2D eigenvalue weighted by Gasteiger charge is 2.14. The lowest BCUT2D eigenvalue weighted by Crippen LogP contribution is -2.12. The van der Waals surface area contributed by atoms with Crippen molar-refractivity contribution in [1.82, 2.24) is 0 Å². The average molecular weight is 273 g/mol. The van der Waals surface area contributed by atoms with Crippen LogP contribution in [0.4, 0.5) is 0 Å². The van der Waals surface area contributed by atoms with Crippen molar-refractivity contribution < 1.29 is 4.74 Å². The lowest BCUT2D eigenvalue weighted by atomic mass is 9.92. The predicted molar refractivity (Wildman–Crippen MR) is 85.5 cm³/mol. The lowest BCUT2D eigenvalue weighted by molar-refractivity contribution is 0.303. The molecule has 0 aliphatic rings. The van der Waals surface area contributed by atoms with Gasteiger partial charge in [-0.2, -0.15) is 0 Å². The van der Waals surface area contributed by atoms with Crippen molar-refractivity contribution in [3.8, 4) is 5.75 Å². The van der Waals surface area contributed by atoms with Crippen LogP contribution in [0.15, 0.2) is 84.9 Å². The third-order valence-corrected chi connectivity index (χ3v) is 3.47. The molecule has 0 spiro atoms. The Balaban J connectivity index is 1.83. The highest BCUT2D eigenvalue weighted by atomic mass is 16.5. The van der Waals surface area contributed by atoms with Crippen molar-refractivity contribution in [1.29, 1.82) is 0 Å². The van der Waals surface area contributed by atoms with Gasteiger partial charge in [0.05, 0.1) is 6.61 Å². The van der Waals surface area contributed by atoms with Gasteiger partial charge >= 0.3 is 0 Å². The number of rotatable bonds is 5. The monoisotopic (exact) mass is 273 g/mol. The van der Waals surface area contributed by atoms with Gasteiger partial charge in [0.1, 0.15) is 5.75 Å². The van der Waals surface area contributed by atoms with Gasteiger partial charge in [-0.05, 0) is 29.3 Å². The fourth-order valence-corrected chi connectivity index (χ4v) is 2.37. The van der Waals surface area contributed by atoms with Crippen LogP contribution < -0.4 is 4.74 Å². The van der Waals surface area contributed by atoms with Gasteiger partial charge in [0, 0.05) is 5.92 Å². The van der Waals surface area contributed by atoms with E-state index in [1.54, 1.807) is 0 Å². The summed E-state index contributed by atoms with van der Waals surface area (Å²) in [5, 5.41) is 0. The molecule has 0 aliphatic heterocycles. The Morgan fingerprint density at radius 3 is 2.10 bits per heavy atom. The molecule has 1 heteroatoms. The van der Waals surface area contributed by atoms with Crippen molar-refractivity contribution in [3.05, 3.63) is 102 Å². The molecule has 1 radical (unpaired) electrons. The molecule has 3 rings (SSSR count). The summed E-state index contributed by atoms with van der Waals surface area (Å²) in [7, 11) is 0. The number of hydrogen-bond acceptors (Lipinski definition) is 1. The Kier molecular flexibility index (Phi) is 4.33. The molecule has 103 valence electrons. The molecule has 1 atom stereocenters. The lowest BCUT2D eigenvalue weighted by Gasteiger charge is -2.18. The van der Waals surface area contributed by atoms with Crippen LogP contribution >= 0.6 is 0 Å². The molecule has 0 N–H and O–H groups in total. The second kappa shape index (κ2) is 6.76. The molecule has 0 aromatic heterocycles. The van der Waals surface area contributed by atoms with E-state index in [1.165, 1.54) is 5.56 Å². The molecule has 0 saturated carbocycles. The van der Waals surface area contributed by atoms with E-state index < -0.39 is 0 Å². The number of ether oxygens (including phenoxy) is 1. The van der Waals surface area contributed by atoms with Crippen molar-refractivity contribution in [2.24, 2.45) is 0 Å². The summed E-state index contributed by atoms with van der Waals surface area (Å²) in [6.45, 7) is 0.606. The van der Waals surface area contributed by atoms with Gasteiger partial charge in [-0.3, -0.25) is 0 Å². The van der Waals surface area contributed by atoms with Gasteiger partial charge < -0.3 is 4.74 Å². The largest absolute Gasteiger partial charge is 0.493 e. The van der Waals surface area contributed by atoms with Gasteiger partial charge in [0.2, 0.25) is 0 Å². The van der Waals surface area contributed by atoms with E-state index in [0.29, 0.717) is 6.61 Å². The van der Waals surface area contributed by atoms with Crippen molar-refractivity contribution >= 4 is 0 Å². The van der Waals surface area contributed by atoms with Crippen LogP contribution in [0.1, 0.15) is 17.0 Å². The van der Waals surface area contributed by atoms with Crippen LogP contribution in [-0.4, -0.2) is 6.61 Å². The smallest absolute Gasteiger partial charge is 0.119 e. The molecule has 21 heavy (non-hydrogen) atoms. The van der Waals surface area contributed by atoms with Crippen LogP contribution in [0.3, 0.4) is 0 Å². The minimum Gasteiger partial charge on any atom is -0.493 e. The maximum atomic E-state index is 5.96. The minimum absolute atomic E-state index is 0.188. The summed E-state index contributed by atoms with van der Waals surface area (Å²) in [5.41, 5.74) is 2.40. The Hall–Kier alpha value is -2.54. The zero-order chi connectivity index (χ0) is 14.3. The van der Waals surface area contributed by atoms with Crippen LogP contribution in [0, 0.1) is 6.07 Å². The first-order chi connectivity index (χ1) is 10.4. The summed E-state index contributed by atoms with van der Waals surface area (Å²) < 4.78 is 5.96. The van der Waals surface area contributed by atoms with Crippen molar-refractivity contribution in [3.63, 3.8) is 0 Å². The first-order valence-electron chi connectivity index (χ1n) is 7.13. The fraction of sp³-hybridized carbons (Fsp3) is 0.100. The van der Waals surface area contributed by atoms with E-state index in [4.69, 9.17) is 4.74 Å². The molecular formula is C20H17O. The zero-order valence-corrected chi connectivity index (χ0v) is 11.8. The topological polar surface area (TPSA) is 9.23 Å². The van der Waals surface area contributed by atoms with E-state index >= 15 is 0 Å². The molecule has 0 fully saturated rings. The molecular weight excluding hydrogens is 256 g/mol. The van der Waals surface area contributed by atoms with Gasteiger partial charge in [-0.15, -0.1) is 0 Å². The van der Waals surface area contributed by atoms with Crippen LogP contribution in [0.5, 0.6) is 5.75 Å². The normalized spacial score (nSPS) is 10.5. The molecule has 1 unspecified atom stereocenters. The molecule has 0 bridgehead atoms. The Labute approximate surface area is 125 Å². The zero-order valence-electron chi connectivity index (χ0n) is 11.8. The van der Waals surface area contributed by atoms with Crippen LogP contribution in [-0.2, 0) is 0 Å². The highest BCUT2D eigenvalue weighted by molar-refractivity contribution is 5.32. The second-order valence-corrected chi connectivity index (χ2v) is 4.91. The standard InChI is InChI=1S/C20H17O/c1-4-10-17(11-5-1)20(18-12-6-2-7-13-18)16-21-19-14-8-3-9-15-19/h1-12,14-15,20H,16H2. The van der Waals surface area contributed by atoms with E-state index in [1.807, 2.05) is 54.6 Å². The third kappa shape index (κ3) is 3.51. The average Bonchev–Trinajstić information content (AvgIpc) is 2.58. The van der Waals surface area contributed by atoms with Crippen LogP contribution in [0.2, 0.25) is 0 Å². The number of para-hydroxylation sites is 1. The first kappa shape index (κ1) is 13.4. The van der Waals surface area contributed by atoms with E-state index in [0.717, 1.165) is 11.3 Å². The third-order valence-electron chi connectivity index (χ3n) is 3.47. The van der Waals surface area contributed by atoms with E-state index in [9.17, 15) is 0 Å². The second-order valence-electron chi connectivity index (χ2n) is 4.91. The Morgan fingerprint density at radius 2 is 1.43 bits per heavy atom. The molecule has 0 heterocycles. The molecule has 0 aliphatic carbocycles. The first-order valence-corrected chi connectivity index (χ1v) is 7.13. The fourth-order valence-electron chi connectivity index (χ4n) is 2.37. The van der Waals surface area contributed by atoms with Crippen molar-refractivity contribution in [2.75, 3.05) is 6.61 Å². The molecule has 3 aromatic rings. The summed E-state index contributed by atoms with van der Waals surface area (Å²) in [4.78, 5) is 0. The van der Waals surface area contributed by atoms with Crippen molar-refractivity contribution in [2.45, 2.75) is 5.92 Å². The summed E-state index contributed by atoms with van der Waals surface area (Å²) >= 11 is 0. The number of hydrogen-bond donors (Lipinski definition) is 0. The molecule has 0 saturated heterocycles. The van der Waals surface area contributed by atoms with Gasteiger partial charge in [0.25, 0.3) is 0 Å². The molecule has 3 aromatic carbocycles. The maximum absolute atomic E-state index is 5.96. The number of benzene rings is 3.